The standard InChI is InChI=1S/C9H15Cl2N2.ClH/c1-12(2)8(10)7-5-4-6-13(3)9(7)11;/h4-6H2,1-3H3;1H/q+1;/p-1. The average molecular weight is 258 g/mol. The quantitative estimate of drug-likeness (QED) is 0.334. The van der Waals surface area contributed by atoms with Crippen LogP contribution in [0.2, 0.25) is 0 Å². The van der Waals surface area contributed by atoms with E-state index in [2.05, 4.69) is 0 Å². The molecule has 1 aliphatic heterocycles. The van der Waals surface area contributed by atoms with Crippen molar-refractivity contribution in [2.24, 2.45) is 0 Å². The van der Waals surface area contributed by atoms with Crippen LogP contribution < -0.4 is 12.4 Å². The molecule has 0 aromatic rings. The summed E-state index contributed by atoms with van der Waals surface area (Å²) in [6.07, 6.45) is 2.09. The molecule has 0 fully saturated rings. The van der Waals surface area contributed by atoms with E-state index >= 15 is 0 Å². The van der Waals surface area contributed by atoms with E-state index in [4.69, 9.17) is 23.2 Å². The van der Waals surface area contributed by atoms with Crippen LogP contribution in [0.5, 0.6) is 0 Å². The molecule has 0 atom stereocenters. The van der Waals surface area contributed by atoms with Gasteiger partial charge in [0.15, 0.2) is 0 Å². The van der Waals surface area contributed by atoms with Crippen molar-refractivity contribution >= 4 is 28.4 Å². The van der Waals surface area contributed by atoms with Crippen LogP contribution >= 0.6 is 23.2 Å². The van der Waals surface area contributed by atoms with Crippen LogP contribution in [-0.4, -0.2) is 42.3 Å². The molecule has 0 saturated heterocycles. The van der Waals surface area contributed by atoms with Crippen LogP contribution in [0.15, 0.2) is 10.7 Å². The van der Waals surface area contributed by atoms with Crippen LogP contribution in [0, 0.1) is 0 Å². The minimum atomic E-state index is 0. The highest BCUT2D eigenvalue weighted by molar-refractivity contribution is 6.68. The molecule has 1 heterocycles. The van der Waals surface area contributed by atoms with Gasteiger partial charge in [0, 0.05) is 13.6 Å². The van der Waals surface area contributed by atoms with Crippen molar-refractivity contribution in [2.75, 3.05) is 27.7 Å². The molecule has 5 heteroatoms. The first kappa shape index (κ1) is 14.1. The molecule has 0 aliphatic carbocycles. The SMILES string of the molecule is CN1CCCC(C(Cl)=[N+](C)C)=C1Cl.[Cl-]. The minimum Gasteiger partial charge on any atom is -1.00 e. The first-order valence-electron chi connectivity index (χ1n) is 4.34. The monoisotopic (exact) mass is 256 g/mol. The van der Waals surface area contributed by atoms with Crippen molar-refractivity contribution < 1.29 is 17.0 Å². The number of hydrogen-bond acceptors (Lipinski definition) is 1. The van der Waals surface area contributed by atoms with E-state index in [-0.39, 0.29) is 12.4 Å². The number of allylic oxidation sites excluding steroid dienone is 1. The number of hydrogen-bond donors (Lipinski definition) is 0. The van der Waals surface area contributed by atoms with E-state index in [9.17, 15) is 0 Å². The van der Waals surface area contributed by atoms with E-state index in [1.807, 2.05) is 30.6 Å². The van der Waals surface area contributed by atoms with E-state index < -0.39 is 0 Å². The molecule has 2 nitrogen and oxygen atoms in total. The molecule has 82 valence electrons. The lowest BCUT2D eigenvalue weighted by atomic mass is 10.1. The molecule has 14 heavy (non-hydrogen) atoms. The summed E-state index contributed by atoms with van der Waals surface area (Å²) < 4.78 is 1.89. The van der Waals surface area contributed by atoms with Gasteiger partial charge in [0.1, 0.15) is 19.3 Å². The Morgan fingerprint density at radius 3 is 2.50 bits per heavy atom. The van der Waals surface area contributed by atoms with Gasteiger partial charge in [0.05, 0.1) is 5.57 Å². The maximum Gasteiger partial charge on any atom is 0.275 e. The molecule has 0 aromatic heterocycles. The van der Waals surface area contributed by atoms with Gasteiger partial charge in [-0.3, -0.25) is 0 Å². The van der Waals surface area contributed by atoms with Gasteiger partial charge in [-0.25, -0.2) is 4.58 Å². The molecule has 1 aliphatic rings. The molecule has 0 radical (unpaired) electrons. The minimum absolute atomic E-state index is 0. The molecule has 0 aromatic carbocycles. The topological polar surface area (TPSA) is 6.25 Å². The van der Waals surface area contributed by atoms with Crippen LogP contribution in [0.25, 0.3) is 0 Å². The molecule has 0 bridgehead atoms. The fraction of sp³-hybridized carbons (Fsp3) is 0.667. The number of halogens is 3. The largest absolute Gasteiger partial charge is 1.00 e. The van der Waals surface area contributed by atoms with Crippen LogP contribution in [0.1, 0.15) is 12.8 Å². The van der Waals surface area contributed by atoms with Gasteiger partial charge in [-0.15, -0.1) is 0 Å². The predicted molar refractivity (Wildman–Crippen MR) is 57.7 cm³/mol. The lowest BCUT2D eigenvalue weighted by Gasteiger charge is -2.24. The summed E-state index contributed by atoms with van der Waals surface area (Å²) in [5, 5.41) is 1.53. The Labute approximate surface area is 102 Å². The third-order valence-corrected chi connectivity index (χ3v) is 3.23. The highest BCUT2D eigenvalue weighted by atomic mass is 35.5. The first-order valence-corrected chi connectivity index (χ1v) is 5.09. The molecular weight excluding hydrogens is 242 g/mol. The first-order chi connectivity index (χ1) is 6.04. The molecular formula is C9H15Cl3N2. The van der Waals surface area contributed by atoms with Crippen molar-refractivity contribution in [3.05, 3.63) is 10.7 Å². The lowest BCUT2D eigenvalue weighted by molar-refractivity contribution is -0.461. The van der Waals surface area contributed by atoms with Crippen LogP contribution in [0.4, 0.5) is 0 Å². The van der Waals surface area contributed by atoms with Crippen LogP contribution in [0.3, 0.4) is 0 Å². The molecule has 0 spiro atoms. The summed E-state index contributed by atoms with van der Waals surface area (Å²) in [7, 11) is 5.84. The highest BCUT2D eigenvalue weighted by Crippen LogP contribution is 2.25. The maximum absolute atomic E-state index is 6.15. The van der Waals surface area contributed by atoms with Gasteiger partial charge in [-0.05, 0) is 24.4 Å². The van der Waals surface area contributed by atoms with Crippen molar-refractivity contribution in [1.29, 1.82) is 0 Å². The van der Waals surface area contributed by atoms with Gasteiger partial charge in [-0.2, -0.15) is 0 Å². The van der Waals surface area contributed by atoms with Crippen molar-refractivity contribution in [3.8, 4) is 0 Å². The van der Waals surface area contributed by atoms with Gasteiger partial charge in [-0.1, -0.05) is 11.6 Å². The Hall–Kier alpha value is 0.0800. The summed E-state index contributed by atoms with van der Waals surface area (Å²) >= 11 is 12.3. The number of rotatable bonds is 1. The van der Waals surface area contributed by atoms with Gasteiger partial charge >= 0.3 is 0 Å². The molecule has 0 unspecified atom stereocenters. The summed E-state index contributed by atoms with van der Waals surface area (Å²) in [5.74, 6) is 0. The Balaban J connectivity index is 0.00000169. The fourth-order valence-corrected chi connectivity index (χ4v) is 1.88. The summed E-state index contributed by atoms with van der Waals surface area (Å²) in [5.41, 5.74) is 1.06. The van der Waals surface area contributed by atoms with Crippen molar-refractivity contribution in [3.63, 3.8) is 0 Å². The van der Waals surface area contributed by atoms with Crippen LogP contribution in [-0.2, 0) is 0 Å². The van der Waals surface area contributed by atoms with E-state index in [1.54, 1.807) is 0 Å². The smallest absolute Gasteiger partial charge is 0.275 e. The average Bonchev–Trinajstić information content (AvgIpc) is 2.08. The molecule has 0 amide bonds. The molecule has 0 N–H and O–H groups in total. The maximum atomic E-state index is 6.15. The Morgan fingerprint density at radius 2 is 2.00 bits per heavy atom. The molecule has 1 rings (SSSR count). The second kappa shape index (κ2) is 5.84. The third-order valence-electron chi connectivity index (χ3n) is 2.15. The molecule has 0 saturated carbocycles. The lowest BCUT2D eigenvalue weighted by Crippen LogP contribution is -3.00. The van der Waals surface area contributed by atoms with E-state index in [0.29, 0.717) is 0 Å². The zero-order chi connectivity index (χ0) is 10.0. The summed E-state index contributed by atoms with van der Waals surface area (Å²) in [4.78, 5) is 2.03. The van der Waals surface area contributed by atoms with E-state index in [1.165, 1.54) is 0 Å². The highest BCUT2D eigenvalue weighted by Gasteiger charge is 2.22. The van der Waals surface area contributed by atoms with Crippen molar-refractivity contribution in [1.82, 2.24) is 4.90 Å². The van der Waals surface area contributed by atoms with Crippen molar-refractivity contribution in [2.45, 2.75) is 12.8 Å². The Kier molecular flexibility index (Phi) is 5.87. The Morgan fingerprint density at radius 1 is 1.43 bits per heavy atom. The second-order valence-electron chi connectivity index (χ2n) is 3.48. The summed E-state index contributed by atoms with van der Waals surface area (Å²) in [6.45, 7) is 1.01. The van der Waals surface area contributed by atoms with Gasteiger partial charge in [0.25, 0.3) is 5.17 Å². The summed E-state index contributed by atoms with van der Waals surface area (Å²) in [6, 6.07) is 0. The number of nitrogens with zero attached hydrogens (tertiary/aromatic N) is 2. The third kappa shape index (κ3) is 3.04. The zero-order valence-corrected chi connectivity index (χ0v) is 10.9. The fourth-order valence-electron chi connectivity index (χ4n) is 1.38. The van der Waals surface area contributed by atoms with E-state index in [0.717, 1.165) is 35.3 Å². The Bertz CT molecular complexity index is 267. The van der Waals surface area contributed by atoms with Gasteiger partial charge < -0.3 is 17.3 Å². The normalized spacial score (nSPS) is 16.5. The predicted octanol–water partition coefficient (Wildman–Crippen LogP) is -0.924. The second-order valence-corrected chi connectivity index (χ2v) is 4.20. The van der Waals surface area contributed by atoms with Gasteiger partial charge in [0.2, 0.25) is 0 Å². The zero-order valence-electron chi connectivity index (χ0n) is 8.65.